The molecule has 2 rings (SSSR count). The lowest BCUT2D eigenvalue weighted by atomic mass is 9.90. The van der Waals surface area contributed by atoms with E-state index in [0.29, 0.717) is 12.1 Å². The summed E-state index contributed by atoms with van der Waals surface area (Å²) in [6.07, 6.45) is 6.29. The standard InChI is InChI=1S/C13H25NO2/c1-3-13(2)9-11(6-8-16-13)14-10-12-5-4-7-15-12/h11-12,14H,3-10H2,1-2H3. The molecule has 2 saturated heterocycles. The van der Waals surface area contributed by atoms with Crippen LogP contribution in [0.3, 0.4) is 0 Å². The number of nitrogens with one attached hydrogen (secondary N) is 1. The van der Waals surface area contributed by atoms with Crippen LogP contribution in [0.15, 0.2) is 0 Å². The molecule has 3 nitrogen and oxygen atoms in total. The molecule has 0 aromatic rings. The van der Waals surface area contributed by atoms with Crippen molar-refractivity contribution in [2.45, 2.75) is 63.7 Å². The Kier molecular flexibility index (Phi) is 4.22. The van der Waals surface area contributed by atoms with Gasteiger partial charge in [0.15, 0.2) is 0 Å². The Balaban J connectivity index is 1.72. The highest BCUT2D eigenvalue weighted by Gasteiger charge is 2.31. The third kappa shape index (κ3) is 3.19. The fraction of sp³-hybridized carbons (Fsp3) is 1.00. The van der Waals surface area contributed by atoms with E-state index in [1.54, 1.807) is 0 Å². The Labute approximate surface area is 98.9 Å². The highest BCUT2D eigenvalue weighted by Crippen LogP contribution is 2.27. The summed E-state index contributed by atoms with van der Waals surface area (Å²) < 4.78 is 11.5. The Hall–Kier alpha value is -0.120. The van der Waals surface area contributed by atoms with Crippen molar-refractivity contribution in [3.8, 4) is 0 Å². The van der Waals surface area contributed by atoms with Crippen molar-refractivity contribution in [2.75, 3.05) is 19.8 Å². The summed E-state index contributed by atoms with van der Waals surface area (Å²) in [7, 11) is 0. The molecular formula is C13H25NO2. The van der Waals surface area contributed by atoms with Gasteiger partial charge in [-0.05, 0) is 39.0 Å². The van der Waals surface area contributed by atoms with Gasteiger partial charge in [0, 0.05) is 25.8 Å². The second-order valence-corrected chi connectivity index (χ2v) is 5.38. The van der Waals surface area contributed by atoms with Gasteiger partial charge < -0.3 is 14.8 Å². The zero-order valence-corrected chi connectivity index (χ0v) is 10.6. The Morgan fingerprint density at radius 3 is 2.88 bits per heavy atom. The van der Waals surface area contributed by atoms with Crippen molar-refractivity contribution in [1.82, 2.24) is 5.32 Å². The van der Waals surface area contributed by atoms with Crippen molar-refractivity contribution >= 4 is 0 Å². The van der Waals surface area contributed by atoms with Crippen molar-refractivity contribution in [2.24, 2.45) is 0 Å². The molecule has 3 atom stereocenters. The summed E-state index contributed by atoms with van der Waals surface area (Å²) >= 11 is 0. The molecule has 0 spiro atoms. The van der Waals surface area contributed by atoms with Crippen LogP contribution in [0, 0.1) is 0 Å². The molecule has 2 heterocycles. The van der Waals surface area contributed by atoms with Gasteiger partial charge in [0.05, 0.1) is 11.7 Å². The molecule has 0 bridgehead atoms. The summed E-state index contributed by atoms with van der Waals surface area (Å²) in [4.78, 5) is 0. The highest BCUT2D eigenvalue weighted by atomic mass is 16.5. The molecule has 3 unspecified atom stereocenters. The number of rotatable bonds is 4. The molecule has 0 amide bonds. The van der Waals surface area contributed by atoms with E-state index in [9.17, 15) is 0 Å². The maximum Gasteiger partial charge on any atom is 0.0700 e. The predicted octanol–water partition coefficient (Wildman–Crippen LogP) is 2.10. The number of hydrogen-bond donors (Lipinski definition) is 1. The van der Waals surface area contributed by atoms with Crippen LogP contribution in [-0.4, -0.2) is 37.5 Å². The first-order valence-corrected chi connectivity index (χ1v) is 6.71. The molecule has 0 aromatic heterocycles. The summed E-state index contributed by atoms with van der Waals surface area (Å²) in [6, 6.07) is 0.614. The molecule has 3 heteroatoms. The molecule has 0 aromatic carbocycles. The second-order valence-electron chi connectivity index (χ2n) is 5.38. The second kappa shape index (κ2) is 5.48. The van der Waals surface area contributed by atoms with Gasteiger partial charge in [0.25, 0.3) is 0 Å². The lowest BCUT2D eigenvalue weighted by Gasteiger charge is -2.38. The van der Waals surface area contributed by atoms with Crippen LogP contribution in [0.1, 0.15) is 46.0 Å². The van der Waals surface area contributed by atoms with Crippen LogP contribution in [-0.2, 0) is 9.47 Å². The van der Waals surface area contributed by atoms with Crippen LogP contribution in [0.4, 0.5) is 0 Å². The molecule has 2 aliphatic rings. The van der Waals surface area contributed by atoms with Gasteiger partial charge in [-0.3, -0.25) is 0 Å². The van der Waals surface area contributed by atoms with Crippen LogP contribution in [0.5, 0.6) is 0 Å². The number of ether oxygens (including phenoxy) is 2. The molecule has 0 radical (unpaired) electrons. The average molecular weight is 227 g/mol. The van der Waals surface area contributed by atoms with Gasteiger partial charge >= 0.3 is 0 Å². The zero-order valence-electron chi connectivity index (χ0n) is 10.6. The molecular weight excluding hydrogens is 202 g/mol. The third-order valence-electron chi connectivity index (χ3n) is 4.00. The van der Waals surface area contributed by atoms with Crippen molar-refractivity contribution in [3.63, 3.8) is 0 Å². The molecule has 94 valence electrons. The Morgan fingerprint density at radius 2 is 2.19 bits per heavy atom. The minimum absolute atomic E-state index is 0.0897. The lowest BCUT2D eigenvalue weighted by Crippen LogP contribution is -2.46. The topological polar surface area (TPSA) is 30.5 Å². The van der Waals surface area contributed by atoms with Crippen molar-refractivity contribution < 1.29 is 9.47 Å². The molecule has 16 heavy (non-hydrogen) atoms. The van der Waals surface area contributed by atoms with E-state index in [2.05, 4.69) is 19.2 Å². The van der Waals surface area contributed by atoms with E-state index >= 15 is 0 Å². The van der Waals surface area contributed by atoms with Gasteiger partial charge in [-0.2, -0.15) is 0 Å². The first-order valence-electron chi connectivity index (χ1n) is 6.71. The normalized spacial score (nSPS) is 40.1. The summed E-state index contributed by atoms with van der Waals surface area (Å²) in [5.41, 5.74) is 0.0897. The van der Waals surface area contributed by atoms with Gasteiger partial charge in [0.1, 0.15) is 0 Å². The Morgan fingerprint density at radius 1 is 1.31 bits per heavy atom. The SMILES string of the molecule is CCC1(C)CC(NCC2CCCO2)CCO1. The first-order chi connectivity index (χ1) is 7.72. The summed E-state index contributed by atoms with van der Waals surface area (Å²) in [6.45, 7) is 7.31. The summed E-state index contributed by atoms with van der Waals surface area (Å²) in [5.74, 6) is 0. The maximum atomic E-state index is 5.85. The molecule has 2 fully saturated rings. The van der Waals surface area contributed by atoms with Gasteiger partial charge in [-0.15, -0.1) is 0 Å². The van der Waals surface area contributed by atoms with E-state index in [4.69, 9.17) is 9.47 Å². The lowest BCUT2D eigenvalue weighted by molar-refractivity contribution is -0.0789. The average Bonchev–Trinajstić information content (AvgIpc) is 2.80. The monoisotopic (exact) mass is 227 g/mol. The zero-order chi connectivity index (χ0) is 11.4. The minimum atomic E-state index is 0.0897. The molecule has 0 aliphatic carbocycles. The quantitative estimate of drug-likeness (QED) is 0.798. The van der Waals surface area contributed by atoms with E-state index in [0.717, 1.165) is 39.0 Å². The van der Waals surface area contributed by atoms with Crippen LogP contribution in [0.25, 0.3) is 0 Å². The minimum Gasteiger partial charge on any atom is -0.377 e. The fourth-order valence-corrected chi connectivity index (χ4v) is 2.65. The summed E-state index contributed by atoms with van der Waals surface area (Å²) in [5, 5.41) is 3.65. The van der Waals surface area contributed by atoms with Gasteiger partial charge in [-0.25, -0.2) is 0 Å². The van der Waals surface area contributed by atoms with E-state index in [-0.39, 0.29) is 5.60 Å². The van der Waals surface area contributed by atoms with Crippen LogP contribution < -0.4 is 5.32 Å². The molecule has 0 saturated carbocycles. The van der Waals surface area contributed by atoms with Crippen LogP contribution >= 0.6 is 0 Å². The van der Waals surface area contributed by atoms with Crippen LogP contribution in [0.2, 0.25) is 0 Å². The fourth-order valence-electron chi connectivity index (χ4n) is 2.65. The van der Waals surface area contributed by atoms with E-state index in [1.807, 2.05) is 0 Å². The predicted molar refractivity (Wildman–Crippen MR) is 64.6 cm³/mol. The van der Waals surface area contributed by atoms with Gasteiger partial charge in [0.2, 0.25) is 0 Å². The first kappa shape index (κ1) is 12.3. The van der Waals surface area contributed by atoms with E-state index < -0.39 is 0 Å². The Bertz CT molecular complexity index is 216. The highest BCUT2D eigenvalue weighted by molar-refractivity contribution is 4.86. The maximum absolute atomic E-state index is 5.85. The van der Waals surface area contributed by atoms with Crippen molar-refractivity contribution in [3.05, 3.63) is 0 Å². The van der Waals surface area contributed by atoms with Gasteiger partial charge in [-0.1, -0.05) is 6.92 Å². The van der Waals surface area contributed by atoms with Crippen molar-refractivity contribution in [1.29, 1.82) is 0 Å². The molecule has 2 aliphatic heterocycles. The number of hydrogen-bond acceptors (Lipinski definition) is 3. The largest absolute Gasteiger partial charge is 0.377 e. The van der Waals surface area contributed by atoms with E-state index in [1.165, 1.54) is 12.8 Å². The smallest absolute Gasteiger partial charge is 0.0700 e. The molecule has 1 N–H and O–H groups in total. The third-order valence-corrected chi connectivity index (χ3v) is 4.00.